The molecule has 1 aliphatic heterocycles. The van der Waals surface area contributed by atoms with E-state index in [2.05, 4.69) is 20.8 Å². The van der Waals surface area contributed by atoms with E-state index in [-0.39, 0.29) is 35.5 Å². The van der Waals surface area contributed by atoms with Crippen molar-refractivity contribution >= 4 is 15.9 Å². The molecule has 5 nitrogen and oxygen atoms in total. The number of carbonyl (C=O) groups is 1. The molecule has 1 aromatic rings. The van der Waals surface area contributed by atoms with Gasteiger partial charge in [0.05, 0.1) is 11.8 Å². The van der Waals surface area contributed by atoms with Gasteiger partial charge in [0.2, 0.25) is 15.9 Å². The van der Waals surface area contributed by atoms with Crippen LogP contribution >= 0.6 is 0 Å². The summed E-state index contributed by atoms with van der Waals surface area (Å²) in [5.74, 6) is -0.366. The van der Waals surface area contributed by atoms with Gasteiger partial charge in [-0.2, -0.15) is 0 Å². The minimum atomic E-state index is -3.56. The van der Waals surface area contributed by atoms with E-state index in [4.69, 9.17) is 5.14 Å². The van der Waals surface area contributed by atoms with Crippen LogP contribution in [0.2, 0.25) is 0 Å². The van der Waals surface area contributed by atoms with E-state index in [0.717, 1.165) is 5.56 Å². The highest BCUT2D eigenvalue weighted by atomic mass is 32.2. The molecule has 0 spiro atoms. The van der Waals surface area contributed by atoms with Gasteiger partial charge in [-0.05, 0) is 11.0 Å². The molecule has 0 radical (unpaired) electrons. The van der Waals surface area contributed by atoms with Gasteiger partial charge in [0.25, 0.3) is 0 Å². The smallest absolute Gasteiger partial charge is 0.223 e. The fourth-order valence-electron chi connectivity index (χ4n) is 3.28. The average Bonchev–Trinajstić information content (AvgIpc) is 2.67. The summed E-state index contributed by atoms with van der Waals surface area (Å²) < 4.78 is 22.6. The molecular formula is C16H24N2O3S. The van der Waals surface area contributed by atoms with Crippen molar-refractivity contribution in [3.05, 3.63) is 35.9 Å². The third-order valence-electron chi connectivity index (χ3n) is 3.95. The maximum Gasteiger partial charge on any atom is 0.223 e. The second kappa shape index (κ2) is 6.01. The SMILES string of the molecule is CC(C)(C)C(c1ccccc1)N1CC(CS(N)(=O)=O)CC1=O. The van der Waals surface area contributed by atoms with Gasteiger partial charge in [-0.3, -0.25) is 4.79 Å². The molecule has 0 aromatic heterocycles. The van der Waals surface area contributed by atoms with E-state index in [1.54, 1.807) is 0 Å². The highest BCUT2D eigenvalue weighted by molar-refractivity contribution is 7.89. The topological polar surface area (TPSA) is 80.5 Å². The summed E-state index contributed by atoms with van der Waals surface area (Å²) in [5, 5.41) is 5.12. The summed E-state index contributed by atoms with van der Waals surface area (Å²) in [6, 6.07) is 9.80. The predicted molar refractivity (Wildman–Crippen MR) is 86.4 cm³/mol. The molecule has 1 saturated heterocycles. The standard InChI is InChI=1S/C16H24N2O3S/c1-16(2,3)15(13-7-5-4-6-8-13)18-10-12(9-14(18)19)11-22(17,20)21/h4-8,12,15H,9-11H2,1-3H3,(H2,17,20,21). The van der Waals surface area contributed by atoms with Gasteiger partial charge in [0.15, 0.2) is 0 Å². The van der Waals surface area contributed by atoms with Gasteiger partial charge < -0.3 is 4.90 Å². The molecule has 0 bridgehead atoms. The first-order valence-corrected chi connectivity index (χ1v) is 9.14. The molecule has 2 rings (SSSR count). The van der Waals surface area contributed by atoms with Crippen LogP contribution in [0.25, 0.3) is 0 Å². The van der Waals surface area contributed by atoms with Crippen molar-refractivity contribution in [2.45, 2.75) is 33.2 Å². The van der Waals surface area contributed by atoms with E-state index < -0.39 is 10.0 Å². The summed E-state index contributed by atoms with van der Waals surface area (Å²) in [6.07, 6.45) is 0.246. The van der Waals surface area contributed by atoms with Crippen molar-refractivity contribution in [3.63, 3.8) is 0 Å². The molecule has 1 aliphatic rings. The quantitative estimate of drug-likeness (QED) is 0.918. The Balaban J connectivity index is 2.28. The fraction of sp³-hybridized carbons (Fsp3) is 0.562. The average molecular weight is 324 g/mol. The lowest BCUT2D eigenvalue weighted by molar-refractivity contribution is -0.132. The van der Waals surface area contributed by atoms with Crippen molar-refractivity contribution in [2.24, 2.45) is 16.5 Å². The molecule has 2 unspecified atom stereocenters. The minimum Gasteiger partial charge on any atom is -0.335 e. The van der Waals surface area contributed by atoms with E-state index in [1.165, 1.54) is 0 Å². The van der Waals surface area contributed by atoms with E-state index in [1.807, 2.05) is 35.2 Å². The Morgan fingerprint density at radius 3 is 2.36 bits per heavy atom. The second-order valence-electron chi connectivity index (χ2n) is 7.13. The van der Waals surface area contributed by atoms with Crippen LogP contribution in [0.1, 0.15) is 38.8 Å². The number of hydrogen-bond donors (Lipinski definition) is 1. The Hall–Kier alpha value is -1.40. The van der Waals surface area contributed by atoms with Crippen molar-refractivity contribution in [2.75, 3.05) is 12.3 Å². The zero-order valence-electron chi connectivity index (χ0n) is 13.3. The van der Waals surface area contributed by atoms with Crippen LogP contribution in [0.4, 0.5) is 0 Å². The number of primary sulfonamides is 1. The summed E-state index contributed by atoms with van der Waals surface area (Å²) in [6.45, 7) is 6.70. The Morgan fingerprint density at radius 1 is 1.27 bits per heavy atom. The van der Waals surface area contributed by atoms with E-state index in [0.29, 0.717) is 6.54 Å². The maximum absolute atomic E-state index is 12.4. The molecule has 122 valence electrons. The van der Waals surface area contributed by atoms with Gasteiger partial charge in [-0.15, -0.1) is 0 Å². The summed E-state index contributed by atoms with van der Waals surface area (Å²) in [7, 11) is -3.56. The largest absolute Gasteiger partial charge is 0.335 e. The van der Waals surface area contributed by atoms with E-state index in [9.17, 15) is 13.2 Å². The molecule has 1 aromatic carbocycles. The van der Waals surface area contributed by atoms with Crippen LogP contribution in [-0.4, -0.2) is 31.5 Å². The first-order chi connectivity index (χ1) is 10.1. The molecular weight excluding hydrogens is 300 g/mol. The molecule has 0 saturated carbocycles. The number of rotatable bonds is 4. The number of hydrogen-bond acceptors (Lipinski definition) is 3. The Labute approximate surface area is 132 Å². The summed E-state index contributed by atoms with van der Waals surface area (Å²) >= 11 is 0. The molecule has 22 heavy (non-hydrogen) atoms. The lowest BCUT2D eigenvalue weighted by Gasteiger charge is -2.38. The third kappa shape index (κ3) is 4.08. The van der Waals surface area contributed by atoms with Gasteiger partial charge in [0.1, 0.15) is 0 Å². The highest BCUT2D eigenvalue weighted by Gasteiger charge is 2.41. The number of likely N-dealkylation sites (tertiary alicyclic amines) is 1. The van der Waals surface area contributed by atoms with Crippen molar-refractivity contribution < 1.29 is 13.2 Å². The summed E-state index contributed by atoms with van der Waals surface area (Å²) in [4.78, 5) is 14.2. The van der Waals surface area contributed by atoms with Crippen molar-refractivity contribution in [3.8, 4) is 0 Å². The molecule has 2 N–H and O–H groups in total. The second-order valence-corrected chi connectivity index (χ2v) is 8.78. The van der Waals surface area contributed by atoms with E-state index >= 15 is 0 Å². The van der Waals surface area contributed by atoms with Crippen LogP contribution in [0.5, 0.6) is 0 Å². The number of nitrogens with zero attached hydrogens (tertiary/aromatic N) is 1. The van der Waals surface area contributed by atoms with Crippen LogP contribution in [0.3, 0.4) is 0 Å². The first kappa shape index (κ1) is 17.0. The molecule has 1 amide bonds. The van der Waals surface area contributed by atoms with Crippen LogP contribution in [0, 0.1) is 11.3 Å². The lowest BCUT2D eigenvalue weighted by Crippen LogP contribution is -2.38. The van der Waals surface area contributed by atoms with Gasteiger partial charge >= 0.3 is 0 Å². The van der Waals surface area contributed by atoms with Crippen molar-refractivity contribution in [1.82, 2.24) is 4.90 Å². The summed E-state index contributed by atoms with van der Waals surface area (Å²) in [5.41, 5.74) is 0.924. The minimum absolute atomic E-state index is 0.00238. The molecule has 6 heteroatoms. The monoisotopic (exact) mass is 324 g/mol. The highest BCUT2D eigenvalue weighted by Crippen LogP contribution is 2.41. The Bertz CT molecular complexity index is 635. The van der Waals surface area contributed by atoms with Crippen LogP contribution in [-0.2, 0) is 14.8 Å². The van der Waals surface area contributed by atoms with Crippen LogP contribution in [0.15, 0.2) is 30.3 Å². The Kier molecular flexibility index (Phi) is 4.63. The third-order valence-corrected chi connectivity index (χ3v) is 4.89. The van der Waals surface area contributed by atoms with Crippen LogP contribution < -0.4 is 5.14 Å². The predicted octanol–water partition coefficient (Wildman–Crippen LogP) is 1.91. The maximum atomic E-state index is 12.4. The molecule has 1 fully saturated rings. The van der Waals surface area contributed by atoms with Gasteiger partial charge in [-0.1, -0.05) is 51.1 Å². The number of nitrogens with two attached hydrogens (primary N) is 1. The molecule has 2 atom stereocenters. The molecule has 0 aliphatic carbocycles. The van der Waals surface area contributed by atoms with Gasteiger partial charge in [0, 0.05) is 18.9 Å². The fourth-order valence-corrected chi connectivity index (χ4v) is 4.16. The Morgan fingerprint density at radius 2 is 1.86 bits per heavy atom. The number of sulfonamides is 1. The number of carbonyl (C=O) groups excluding carboxylic acids is 1. The zero-order chi connectivity index (χ0) is 16.5. The van der Waals surface area contributed by atoms with Crippen molar-refractivity contribution in [1.29, 1.82) is 0 Å². The molecule has 1 heterocycles. The van der Waals surface area contributed by atoms with Gasteiger partial charge in [-0.25, -0.2) is 13.6 Å². The first-order valence-electron chi connectivity index (χ1n) is 7.43. The zero-order valence-corrected chi connectivity index (χ0v) is 14.1. The lowest BCUT2D eigenvalue weighted by atomic mass is 9.81. The number of amides is 1. The number of benzene rings is 1. The normalized spacial score (nSPS) is 21.2.